The van der Waals surface area contributed by atoms with Crippen LogP contribution in [0.25, 0.3) is 0 Å². The smallest absolute Gasteiger partial charge is 0.305 e. The van der Waals surface area contributed by atoms with E-state index in [2.05, 4.69) is 21.2 Å². The summed E-state index contributed by atoms with van der Waals surface area (Å²) in [5, 5.41) is 22.1. The van der Waals surface area contributed by atoms with Crippen molar-refractivity contribution in [2.75, 3.05) is 0 Å². The molecule has 1 amide bonds. The second-order valence-electron chi connectivity index (χ2n) is 4.80. The highest BCUT2D eigenvalue weighted by Gasteiger charge is 2.27. The van der Waals surface area contributed by atoms with Crippen molar-refractivity contribution in [2.24, 2.45) is 0 Å². The molecular formula is C12H13BrN2O5. The number of amides is 1. The Morgan fingerprint density at radius 2 is 2.05 bits per heavy atom. The van der Waals surface area contributed by atoms with Crippen LogP contribution in [0.2, 0.25) is 0 Å². The molecule has 1 aromatic carbocycles. The summed E-state index contributed by atoms with van der Waals surface area (Å²) >= 11 is 3.02. The van der Waals surface area contributed by atoms with Gasteiger partial charge < -0.3 is 10.4 Å². The Morgan fingerprint density at radius 1 is 1.45 bits per heavy atom. The normalized spacial score (nSPS) is 10.9. The fourth-order valence-electron chi connectivity index (χ4n) is 1.63. The van der Waals surface area contributed by atoms with Crippen molar-refractivity contribution in [1.82, 2.24) is 5.32 Å². The van der Waals surface area contributed by atoms with Crippen LogP contribution in [0.1, 0.15) is 30.6 Å². The second kappa shape index (κ2) is 6.00. The lowest BCUT2D eigenvalue weighted by Gasteiger charge is -2.24. The standard InChI is InChI=1S/C12H13BrN2O5/c1-12(2,6-9(16)17)14-11(18)7-4-3-5-8(10(7)13)15(19)20/h3-5H,6H2,1-2H3,(H,14,18)(H,16,17). The lowest BCUT2D eigenvalue weighted by Crippen LogP contribution is -2.45. The zero-order valence-electron chi connectivity index (χ0n) is 10.8. The molecule has 2 N–H and O–H groups in total. The number of halogens is 1. The van der Waals surface area contributed by atoms with Gasteiger partial charge in [-0.15, -0.1) is 0 Å². The number of nitrogens with zero attached hydrogens (tertiary/aromatic N) is 1. The molecule has 1 rings (SSSR count). The summed E-state index contributed by atoms with van der Waals surface area (Å²) in [5.41, 5.74) is -1.11. The van der Waals surface area contributed by atoms with Crippen molar-refractivity contribution in [2.45, 2.75) is 25.8 Å². The summed E-state index contributed by atoms with van der Waals surface area (Å²) in [6, 6.07) is 4.08. The van der Waals surface area contributed by atoms with Crippen LogP contribution in [0.3, 0.4) is 0 Å². The Hall–Kier alpha value is -1.96. The average Bonchev–Trinajstić information content (AvgIpc) is 2.25. The summed E-state index contributed by atoms with van der Waals surface area (Å²) in [6.07, 6.45) is -0.259. The molecular weight excluding hydrogens is 332 g/mol. The molecule has 1 aromatic rings. The van der Waals surface area contributed by atoms with Crippen molar-refractivity contribution >= 4 is 33.5 Å². The number of nitro groups is 1. The number of benzene rings is 1. The van der Waals surface area contributed by atoms with Crippen LogP contribution >= 0.6 is 15.9 Å². The summed E-state index contributed by atoms with van der Waals surface area (Å²) in [5.74, 6) is -1.62. The molecule has 0 atom stereocenters. The lowest BCUT2D eigenvalue weighted by molar-refractivity contribution is -0.385. The van der Waals surface area contributed by atoms with Gasteiger partial charge in [0.25, 0.3) is 11.6 Å². The van der Waals surface area contributed by atoms with Crippen LogP contribution < -0.4 is 5.32 Å². The molecule has 8 heteroatoms. The fourth-order valence-corrected chi connectivity index (χ4v) is 2.22. The van der Waals surface area contributed by atoms with Crippen molar-refractivity contribution in [3.05, 3.63) is 38.3 Å². The van der Waals surface area contributed by atoms with E-state index in [1.54, 1.807) is 13.8 Å². The predicted octanol–water partition coefficient (Wildman–Crippen LogP) is 2.34. The zero-order valence-corrected chi connectivity index (χ0v) is 12.4. The third-order valence-corrected chi connectivity index (χ3v) is 3.30. The van der Waals surface area contributed by atoms with Crippen LogP contribution in [0.15, 0.2) is 22.7 Å². The van der Waals surface area contributed by atoms with Gasteiger partial charge >= 0.3 is 5.97 Å². The van der Waals surface area contributed by atoms with Gasteiger partial charge in [-0.1, -0.05) is 6.07 Å². The lowest BCUT2D eigenvalue weighted by atomic mass is 10.00. The summed E-state index contributed by atoms with van der Waals surface area (Å²) in [7, 11) is 0. The quantitative estimate of drug-likeness (QED) is 0.629. The van der Waals surface area contributed by atoms with Gasteiger partial charge in [-0.2, -0.15) is 0 Å². The van der Waals surface area contributed by atoms with Crippen molar-refractivity contribution in [3.63, 3.8) is 0 Å². The molecule has 0 aliphatic heterocycles. The largest absolute Gasteiger partial charge is 0.481 e. The van der Waals surface area contributed by atoms with E-state index < -0.39 is 22.3 Å². The number of aliphatic carboxylic acids is 1. The monoisotopic (exact) mass is 344 g/mol. The summed E-state index contributed by atoms with van der Waals surface area (Å²) in [6.45, 7) is 3.12. The molecule has 0 spiro atoms. The first-order valence-electron chi connectivity index (χ1n) is 5.61. The van der Waals surface area contributed by atoms with Gasteiger partial charge in [0.1, 0.15) is 4.47 Å². The fraction of sp³-hybridized carbons (Fsp3) is 0.333. The number of carbonyl (C=O) groups excluding carboxylic acids is 1. The SMILES string of the molecule is CC(C)(CC(=O)O)NC(=O)c1cccc([N+](=O)[O-])c1Br. The molecule has 0 aromatic heterocycles. The Kier molecular flexibility index (Phi) is 4.83. The predicted molar refractivity (Wildman–Crippen MR) is 74.6 cm³/mol. The molecule has 0 radical (unpaired) electrons. The third kappa shape index (κ3) is 4.02. The van der Waals surface area contributed by atoms with Gasteiger partial charge in [-0.3, -0.25) is 19.7 Å². The average molecular weight is 345 g/mol. The van der Waals surface area contributed by atoms with E-state index in [0.29, 0.717) is 0 Å². The number of nitro benzene ring substituents is 1. The van der Waals surface area contributed by atoms with Crippen LogP contribution in [0.5, 0.6) is 0 Å². The van der Waals surface area contributed by atoms with E-state index in [-0.39, 0.29) is 22.1 Å². The molecule has 0 bridgehead atoms. The second-order valence-corrected chi connectivity index (χ2v) is 5.60. The number of carboxylic acids is 1. The number of rotatable bonds is 5. The van der Waals surface area contributed by atoms with E-state index in [0.717, 1.165) is 0 Å². The highest BCUT2D eigenvalue weighted by Crippen LogP contribution is 2.28. The molecule has 0 aliphatic rings. The molecule has 0 unspecified atom stereocenters. The highest BCUT2D eigenvalue weighted by molar-refractivity contribution is 9.10. The van der Waals surface area contributed by atoms with Crippen LogP contribution in [0.4, 0.5) is 5.69 Å². The molecule has 0 saturated carbocycles. The number of carbonyl (C=O) groups is 2. The Balaban J connectivity index is 3.02. The maximum absolute atomic E-state index is 12.1. The van der Waals surface area contributed by atoms with Gasteiger partial charge in [0.15, 0.2) is 0 Å². The number of nitrogens with one attached hydrogen (secondary N) is 1. The molecule has 0 aliphatic carbocycles. The Morgan fingerprint density at radius 3 is 2.55 bits per heavy atom. The maximum Gasteiger partial charge on any atom is 0.305 e. The highest BCUT2D eigenvalue weighted by atomic mass is 79.9. The topological polar surface area (TPSA) is 110 Å². The number of hydrogen-bond acceptors (Lipinski definition) is 4. The van der Waals surface area contributed by atoms with Gasteiger partial charge in [-0.25, -0.2) is 0 Å². The maximum atomic E-state index is 12.1. The number of carboxylic acid groups (broad SMARTS) is 1. The van der Waals surface area contributed by atoms with Crippen LogP contribution in [-0.4, -0.2) is 27.4 Å². The van der Waals surface area contributed by atoms with E-state index in [4.69, 9.17) is 5.11 Å². The molecule has 0 saturated heterocycles. The van der Waals surface area contributed by atoms with Gasteiger partial charge in [-0.05, 0) is 35.8 Å². The minimum Gasteiger partial charge on any atom is -0.481 e. The first kappa shape index (κ1) is 16.1. The minimum atomic E-state index is -1.05. The number of hydrogen-bond donors (Lipinski definition) is 2. The Bertz CT molecular complexity index is 571. The first-order chi connectivity index (χ1) is 9.14. The van der Waals surface area contributed by atoms with Crippen molar-refractivity contribution in [1.29, 1.82) is 0 Å². The molecule has 0 heterocycles. The van der Waals surface area contributed by atoms with Gasteiger partial charge in [0, 0.05) is 11.6 Å². The van der Waals surface area contributed by atoms with E-state index in [1.807, 2.05) is 0 Å². The zero-order chi connectivity index (χ0) is 15.5. The van der Waals surface area contributed by atoms with Gasteiger partial charge in [0.2, 0.25) is 0 Å². The molecule has 0 fully saturated rings. The van der Waals surface area contributed by atoms with Gasteiger partial charge in [0.05, 0.1) is 16.9 Å². The van der Waals surface area contributed by atoms with Crippen molar-refractivity contribution in [3.8, 4) is 0 Å². The van der Waals surface area contributed by atoms with E-state index in [1.165, 1.54) is 18.2 Å². The molecule has 20 heavy (non-hydrogen) atoms. The minimum absolute atomic E-state index is 0.0635. The first-order valence-corrected chi connectivity index (χ1v) is 6.40. The molecule has 7 nitrogen and oxygen atoms in total. The van der Waals surface area contributed by atoms with Crippen LogP contribution in [0, 0.1) is 10.1 Å². The molecule has 108 valence electrons. The van der Waals surface area contributed by atoms with Crippen LogP contribution in [-0.2, 0) is 4.79 Å². The third-order valence-electron chi connectivity index (χ3n) is 2.46. The van der Waals surface area contributed by atoms with E-state index in [9.17, 15) is 19.7 Å². The summed E-state index contributed by atoms with van der Waals surface area (Å²) < 4.78 is 0.0635. The van der Waals surface area contributed by atoms with Crippen molar-refractivity contribution < 1.29 is 19.6 Å². The Labute approximate surface area is 123 Å². The summed E-state index contributed by atoms with van der Waals surface area (Å²) in [4.78, 5) is 33.0. The van der Waals surface area contributed by atoms with E-state index >= 15 is 0 Å².